The molecule has 2 rings (SSSR count). The highest BCUT2D eigenvalue weighted by atomic mass is 32.1. The van der Waals surface area contributed by atoms with Crippen LogP contribution in [0.5, 0.6) is 5.75 Å². The summed E-state index contributed by atoms with van der Waals surface area (Å²) in [5.74, 6) is 0.483. The summed E-state index contributed by atoms with van der Waals surface area (Å²) in [5, 5.41) is 8.11. The lowest BCUT2D eigenvalue weighted by Crippen LogP contribution is -2.10. The number of nitrogens with one attached hydrogen (secondary N) is 1. The van der Waals surface area contributed by atoms with Crippen LogP contribution < -0.4 is 15.8 Å². The maximum atomic E-state index is 11.4. The highest BCUT2D eigenvalue weighted by Gasteiger charge is 2.19. The van der Waals surface area contributed by atoms with Crippen LogP contribution in [0, 0.1) is 0 Å². The minimum absolute atomic E-state index is 0.0547. The molecule has 0 saturated heterocycles. The Labute approximate surface area is 115 Å². The van der Waals surface area contributed by atoms with Crippen molar-refractivity contribution in [2.24, 2.45) is 0 Å². The van der Waals surface area contributed by atoms with Crippen molar-refractivity contribution in [3.8, 4) is 5.75 Å². The number of nitrogen functional groups attached to an aromatic ring is 1. The number of thiophene rings is 1. The van der Waals surface area contributed by atoms with Gasteiger partial charge in [0.25, 0.3) is 0 Å². The van der Waals surface area contributed by atoms with Crippen LogP contribution in [-0.4, -0.2) is 29.2 Å². The van der Waals surface area contributed by atoms with Gasteiger partial charge in [0.15, 0.2) is 11.5 Å². The zero-order valence-electron chi connectivity index (χ0n) is 10.8. The Kier molecular flexibility index (Phi) is 4.06. The maximum Gasteiger partial charge on any atom is 0.176 e. The van der Waals surface area contributed by atoms with Crippen molar-refractivity contribution in [2.45, 2.75) is 13.5 Å². The van der Waals surface area contributed by atoms with E-state index in [0.29, 0.717) is 22.9 Å². The summed E-state index contributed by atoms with van der Waals surface area (Å²) in [4.78, 5) is 12.0. The van der Waals surface area contributed by atoms with E-state index in [1.54, 1.807) is 13.3 Å². The Hall–Kier alpha value is -2.02. The number of anilines is 2. The number of carbonyl (C=O) groups excluding carboxylic acids is 1. The van der Waals surface area contributed by atoms with Crippen molar-refractivity contribution >= 4 is 27.8 Å². The Morgan fingerprint density at radius 2 is 2.42 bits per heavy atom. The molecule has 7 heteroatoms. The number of ketones is 1. The summed E-state index contributed by atoms with van der Waals surface area (Å²) in [5.41, 5.74) is 6.29. The monoisotopic (exact) mass is 280 g/mol. The molecule has 0 atom stereocenters. The second-order valence-corrected chi connectivity index (χ2v) is 4.98. The number of ether oxygens (including phenoxy) is 1. The van der Waals surface area contributed by atoms with Crippen molar-refractivity contribution in [1.82, 2.24) is 9.78 Å². The van der Waals surface area contributed by atoms with Gasteiger partial charge in [-0.25, -0.2) is 0 Å². The fourth-order valence-corrected chi connectivity index (χ4v) is 2.74. The van der Waals surface area contributed by atoms with Crippen LogP contribution in [0.1, 0.15) is 16.6 Å². The van der Waals surface area contributed by atoms with Crippen LogP contribution in [0.15, 0.2) is 18.5 Å². The second-order valence-electron chi connectivity index (χ2n) is 3.96. The minimum Gasteiger partial charge on any atom is -0.492 e. The lowest BCUT2D eigenvalue weighted by atomic mass is 10.3. The lowest BCUT2D eigenvalue weighted by Gasteiger charge is -2.07. The highest BCUT2D eigenvalue weighted by Crippen LogP contribution is 2.42. The van der Waals surface area contributed by atoms with Crippen LogP contribution >= 0.6 is 11.3 Å². The number of carbonyl (C=O) groups is 1. The predicted molar refractivity (Wildman–Crippen MR) is 76.0 cm³/mol. The van der Waals surface area contributed by atoms with E-state index in [1.807, 2.05) is 16.9 Å². The first-order valence-corrected chi connectivity index (χ1v) is 6.63. The molecule has 3 N–H and O–H groups in total. The Balaban J connectivity index is 2.07. The van der Waals surface area contributed by atoms with Crippen LogP contribution in [0.2, 0.25) is 0 Å². The van der Waals surface area contributed by atoms with Gasteiger partial charge in [0.05, 0.1) is 24.2 Å². The van der Waals surface area contributed by atoms with Crippen molar-refractivity contribution in [2.75, 3.05) is 24.7 Å². The van der Waals surface area contributed by atoms with Gasteiger partial charge in [-0.2, -0.15) is 5.10 Å². The molecule has 0 amide bonds. The van der Waals surface area contributed by atoms with Crippen LogP contribution in [0.3, 0.4) is 0 Å². The fourth-order valence-electron chi connectivity index (χ4n) is 1.73. The normalized spacial score (nSPS) is 10.4. The topological polar surface area (TPSA) is 82.2 Å². The van der Waals surface area contributed by atoms with E-state index in [1.165, 1.54) is 18.3 Å². The van der Waals surface area contributed by atoms with Gasteiger partial charge >= 0.3 is 0 Å². The molecular weight excluding hydrogens is 264 g/mol. The summed E-state index contributed by atoms with van der Waals surface area (Å²) in [6, 6.07) is 1.87. The molecule has 2 aromatic heterocycles. The lowest BCUT2D eigenvalue weighted by molar-refractivity contribution is 0.102. The van der Waals surface area contributed by atoms with Gasteiger partial charge in [-0.15, -0.1) is 11.3 Å². The van der Waals surface area contributed by atoms with Crippen LogP contribution in [-0.2, 0) is 6.54 Å². The molecule has 0 unspecified atom stereocenters. The van der Waals surface area contributed by atoms with Gasteiger partial charge in [-0.1, -0.05) is 0 Å². The van der Waals surface area contributed by atoms with E-state index in [9.17, 15) is 4.79 Å². The van der Waals surface area contributed by atoms with E-state index >= 15 is 0 Å². The number of nitrogens with zero attached hydrogens (tertiary/aromatic N) is 2. The first kappa shape index (κ1) is 13.4. The fraction of sp³-hybridized carbons (Fsp3) is 0.333. The molecule has 0 aliphatic carbocycles. The minimum atomic E-state index is -0.0547. The van der Waals surface area contributed by atoms with Crippen molar-refractivity contribution in [3.63, 3.8) is 0 Å². The average Bonchev–Trinajstić information content (AvgIpc) is 2.97. The molecule has 0 aliphatic heterocycles. The van der Waals surface area contributed by atoms with Crippen LogP contribution in [0.25, 0.3) is 0 Å². The second kappa shape index (κ2) is 5.75. The average molecular weight is 280 g/mol. The number of hydrogen-bond acceptors (Lipinski definition) is 6. The van der Waals surface area contributed by atoms with Crippen molar-refractivity contribution in [3.05, 3.63) is 23.3 Å². The molecule has 19 heavy (non-hydrogen) atoms. The third-order valence-electron chi connectivity index (χ3n) is 2.61. The van der Waals surface area contributed by atoms with E-state index in [-0.39, 0.29) is 5.78 Å². The number of Topliss-reactive ketones (excluding diaryl/α,β-unsaturated/α-hetero) is 1. The molecule has 2 aromatic rings. The molecule has 0 aromatic carbocycles. The van der Waals surface area contributed by atoms with Crippen molar-refractivity contribution < 1.29 is 9.53 Å². The molecule has 0 aliphatic rings. The number of nitrogens with two attached hydrogens (primary N) is 1. The maximum absolute atomic E-state index is 11.4. The summed E-state index contributed by atoms with van der Waals surface area (Å²) < 4.78 is 7.06. The highest BCUT2D eigenvalue weighted by molar-refractivity contribution is 7.19. The van der Waals surface area contributed by atoms with Gasteiger partial charge in [0.1, 0.15) is 5.00 Å². The van der Waals surface area contributed by atoms with Gasteiger partial charge in [-0.05, 0) is 6.07 Å². The predicted octanol–water partition coefficient (Wildman–Crippen LogP) is 1.85. The SMILES string of the molecule is COc1c(NCCn2cccn2)sc(C(C)=O)c1N. The van der Waals surface area contributed by atoms with E-state index < -0.39 is 0 Å². The zero-order chi connectivity index (χ0) is 13.8. The summed E-state index contributed by atoms with van der Waals surface area (Å²) in [6.45, 7) is 2.90. The first-order valence-electron chi connectivity index (χ1n) is 5.82. The van der Waals surface area contributed by atoms with Gasteiger partial charge in [0.2, 0.25) is 0 Å². The number of aromatic nitrogens is 2. The molecule has 2 heterocycles. The van der Waals surface area contributed by atoms with E-state index in [4.69, 9.17) is 10.5 Å². The number of hydrogen-bond donors (Lipinski definition) is 2. The van der Waals surface area contributed by atoms with Gasteiger partial charge in [0, 0.05) is 25.9 Å². The summed E-state index contributed by atoms with van der Waals surface area (Å²) in [6.07, 6.45) is 3.63. The number of rotatable bonds is 6. The van der Waals surface area contributed by atoms with Gasteiger partial charge < -0.3 is 15.8 Å². The smallest absolute Gasteiger partial charge is 0.176 e. The molecule has 0 spiro atoms. The molecule has 0 radical (unpaired) electrons. The summed E-state index contributed by atoms with van der Waals surface area (Å²) in [7, 11) is 1.54. The quantitative estimate of drug-likeness (QED) is 0.789. The molecule has 6 nitrogen and oxygen atoms in total. The Bertz CT molecular complexity index is 563. The van der Waals surface area contributed by atoms with E-state index in [2.05, 4.69) is 10.4 Å². The number of methoxy groups -OCH3 is 1. The third-order valence-corrected chi connectivity index (χ3v) is 3.85. The molecular formula is C12H16N4O2S. The molecule has 102 valence electrons. The zero-order valence-corrected chi connectivity index (χ0v) is 11.7. The Morgan fingerprint density at radius 3 is 3.00 bits per heavy atom. The molecule has 0 saturated carbocycles. The standard InChI is InChI=1S/C12H16N4O2S/c1-8(17)11-9(13)10(18-2)12(19-11)14-5-7-16-6-3-4-15-16/h3-4,6,14H,5,7,13H2,1-2H3. The summed E-state index contributed by atoms with van der Waals surface area (Å²) >= 11 is 1.32. The first-order chi connectivity index (χ1) is 9.13. The largest absolute Gasteiger partial charge is 0.492 e. The van der Waals surface area contributed by atoms with Crippen LogP contribution in [0.4, 0.5) is 10.7 Å². The van der Waals surface area contributed by atoms with Crippen molar-refractivity contribution in [1.29, 1.82) is 0 Å². The molecule has 0 bridgehead atoms. The van der Waals surface area contributed by atoms with Gasteiger partial charge in [-0.3, -0.25) is 9.48 Å². The van der Waals surface area contributed by atoms with E-state index in [0.717, 1.165) is 11.5 Å². The third kappa shape index (κ3) is 2.87. The Morgan fingerprint density at radius 1 is 1.63 bits per heavy atom. The molecule has 0 fully saturated rings.